The van der Waals surface area contributed by atoms with Crippen LogP contribution in [0.1, 0.15) is 25.3 Å². The average Bonchev–Trinajstić information content (AvgIpc) is 3.10. The number of thioether (sulfide) groups is 1. The van der Waals surface area contributed by atoms with Gasteiger partial charge in [0.1, 0.15) is 11.7 Å². The van der Waals surface area contributed by atoms with E-state index in [2.05, 4.69) is 5.32 Å². The molecule has 9 nitrogen and oxygen atoms in total. The highest BCUT2D eigenvalue weighted by Gasteiger charge is 2.53. The molecule has 3 rings (SSSR count). The van der Waals surface area contributed by atoms with Gasteiger partial charge in [0.25, 0.3) is 11.6 Å². The second kappa shape index (κ2) is 7.18. The number of rotatable bonds is 5. The topological polar surface area (TPSA) is 119 Å². The van der Waals surface area contributed by atoms with Crippen LogP contribution in [0.4, 0.5) is 11.4 Å². The third kappa shape index (κ3) is 3.61. The zero-order chi connectivity index (χ0) is 19.8. The summed E-state index contributed by atoms with van der Waals surface area (Å²) in [7, 11) is 0. The Kier molecular flexibility index (Phi) is 5.09. The molecule has 1 aromatic rings. The molecule has 27 heavy (non-hydrogen) atoms. The second-order valence-electron chi connectivity index (χ2n) is 6.65. The smallest absolute Gasteiger partial charge is 0.330 e. The number of anilines is 1. The molecule has 2 atom stereocenters. The summed E-state index contributed by atoms with van der Waals surface area (Å²) < 4.78 is 5.07. The molecule has 0 saturated carbocycles. The van der Waals surface area contributed by atoms with E-state index >= 15 is 0 Å². The quantitative estimate of drug-likeness (QED) is 0.460. The van der Waals surface area contributed by atoms with Gasteiger partial charge in [-0.25, -0.2) is 4.79 Å². The van der Waals surface area contributed by atoms with Gasteiger partial charge in [-0.3, -0.25) is 19.7 Å². The molecule has 2 aliphatic heterocycles. The normalized spacial score (nSPS) is 23.9. The van der Waals surface area contributed by atoms with Gasteiger partial charge in [0, 0.05) is 18.2 Å². The Morgan fingerprint density at radius 1 is 1.48 bits per heavy atom. The van der Waals surface area contributed by atoms with E-state index in [1.807, 2.05) is 6.92 Å². The number of carbonyl (C=O) groups excluding carboxylic acids is 3. The predicted molar refractivity (Wildman–Crippen MR) is 98.2 cm³/mol. The lowest BCUT2D eigenvalue weighted by Crippen LogP contribution is -2.47. The molecule has 0 spiro atoms. The summed E-state index contributed by atoms with van der Waals surface area (Å²) in [6, 6.07) is 3.72. The summed E-state index contributed by atoms with van der Waals surface area (Å²) in [5.74, 6) is -0.992. The molecule has 2 heterocycles. The van der Waals surface area contributed by atoms with Gasteiger partial charge in [0.15, 0.2) is 6.61 Å². The van der Waals surface area contributed by atoms with Crippen molar-refractivity contribution in [3.05, 3.63) is 33.9 Å². The van der Waals surface area contributed by atoms with Crippen molar-refractivity contribution < 1.29 is 24.0 Å². The number of nitro benzene ring substituents is 1. The fourth-order valence-electron chi connectivity index (χ4n) is 3.37. The number of nitrogens with zero attached hydrogens (tertiary/aromatic N) is 2. The maximum atomic E-state index is 12.4. The maximum absolute atomic E-state index is 12.4. The average molecular weight is 393 g/mol. The van der Waals surface area contributed by atoms with E-state index in [0.29, 0.717) is 24.2 Å². The third-order valence-electron chi connectivity index (χ3n) is 4.77. The number of ether oxygens (including phenoxy) is 1. The lowest BCUT2D eigenvalue weighted by molar-refractivity contribution is -0.384. The first-order chi connectivity index (χ1) is 12.7. The highest BCUT2D eigenvalue weighted by atomic mass is 32.2. The zero-order valence-corrected chi connectivity index (χ0v) is 15.7. The van der Waals surface area contributed by atoms with Crippen molar-refractivity contribution in [1.82, 2.24) is 4.90 Å². The Hall–Kier alpha value is -2.62. The molecular weight excluding hydrogens is 374 g/mol. The molecular formula is C17H19N3O6S. The Morgan fingerprint density at radius 2 is 2.22 bits per heavy atom. The first-order valence-corrected chi connectivity index (χ1v) is 9.38. The lowest BCUT2D eigenvalue weighted by Gasteiger charge is -2.29. The summed E-state index contributed by atoms with van der Waals surface area (Å²) in [6.07, 6.45) is 1.07. The van der Waals surface area contributed by atoms with Crippen LogP contribution in [0.3, 0.4) is 0 Å². The largest absolute Gasteiger partial charge is 0.454 e. The summed E-state index contributed by atoms with van der Waals surface area (Å²) in [5.41, 5.74) is 0.358. The number of amides is 2. The summed E-state index contributed by atoms with van der Waals surface area (Å²) in [5, 5.41) is 13.5. The van der Waals surface area contributed by atoms with Crippen LogP contribution in [-0.2, 0) is 19.1 Å². The number of carbonyl (C=O) groups is 3. The van der Waals surface area contributed by atoms with Crippen molar-refractivity contribution in [1.29, 1.82) is 0 Å². The van der Waals surface area contributed by atoms with Crippen molar-refractivity contribution in [2.75, 3.05) is 17.7 Å². The first-order valence-electron chi connectivity index (χ1n) is 8.39. The van der Waals surface area contributed by atoms with Gasteiger partial charge < -0.3 is 15.0 Å². The molecule has 2 saturated heterocycles. The van der Waals surface area contributed by atoms with Crippen LogP contribution >= 0.6 is 11.8 Å². The standard InChI is InChI=1S/C17H19N3O6S/c1-10-4-3-5-11(20(24)25)15(10)18-13(21)8-26-16(23)12-9-27-17(2)7-6-14(22)19(12)17/h3-5,12H,6-9H2,1-2H3,(H,18,21)/t12-,17+/m0/s1. The van der Waals surface area contributed by atoms with Crippen LogP contribution in [0.15, 0.2) is 18.2 Å². The van der Waals surface area contributed by atoms with E-state index in [0.717, 1.165) is 0 Å². The predicted octanol–water partition coefficient (Wildman–Crippen LogP) is 1.84. The van der Waals surface area contributed by atoms with Gasteiger partial charge in [-0.05, 0) is 25.8 Å². The molecule has 2 amide bonds. The first kappa shape index (κ1) is 19.2. The van der Waals surface area contributed by atoms with Gasteiger partial charge in [-0.1, -0.05) is 12.1 Å². The van der Waals surface area contributed by atoms with E-state index in [4.69, 9.17) is 4.74 Å². The molecule has 2 aliphatic rings. The molecule has 2 fully saturated rings. The van der Waals surface area contributed by atoms with E-state index in [-0.39, 0.29) is 17.3 Å². The second-order valence-corrected chi connectivity index (χ2v) is 8.15. The minimum atomic E-state index is -0.712. The molecule has 0 radical (unpaired) electrons. The Morgan fingerprint density at radius 3 is 2.93 bits per heavy atom. The number of nitrogens with one attached hydrogen (secondary N) is 1. The minimum absolute atomic E-state index is 0.0715. The van der Waals surface area contributed by atoms with Gasteiger partial charge in [-0.15, -0.1) is 11.8 Å². The summed E-state index contributed by atoms with van der Waals surface area (Å²) in [6.45, 7) is 2.97. The van der Waals surface area contributed by atoms with Crippen molar-refractivity contribution >= 4 is 40.9 Å². The number of benzene rings is 1. The van der Waals surface area contributed by atoms with Crippen molar-refractivity contribution in [2.45, 2.75) is 37.6 Å². The number of aryl methyl sites for hydroxylation is 1. The molecule has 0 bridgehead atoms. The van der Waals surface area contributed by atoms with Crippen molar-refractivity contribution in [2.24, 2.45) is 0 Å². The Bertz CT molecular complexity index is 829. The Labute approximate surface area is 159 Å². The number of nitro groups is 1. The van der Waals surface area contributed by atoms with Gasteiger partial charge in [0.2, 0.25) is 5.91 Å². The van der Waals surface area contributed by atoms with Gasteiger partial charge >= 0.3 is 5.97 Å². The van der Waals surface area contributed by atoms with Crippen LogP contribution in [0.5, 0.6) is 0 Å². The fraction of sp³-hybridized carbons (Fsp3) is 0.471. The van der Waals surface area contributed by atoms with Crippen molar-refractivity contribution in [3.63, 3.8) is 0 Å². The third-order valence-corrected chi connectivity index (χ3v) is 6.28. The maximum Gasteiger partial charge on any atom is 0.330 e. The highest BCUT2D eigenvalue weighted by Crippen LogP contribution is 2.47. The van der Waals surface area contributed by atoms with E-state index in [9.17, 15) is 24.5 Å². The molecule has 0 unspecified atom stereocenters. The molecule has 1 aromatic carbocycles. The number of esters is 1. The highest BCUT2D eigenvalue weighted by molar-refractivity contribution is 8.01. The number of hydrogen-bond acceptors (Lipinski definition) is 7. The number of para-hydroxylation sites is 1. The molecule has 1 N–H and O–H groups in total. The Balaban J connectivity index is 1.61. The molecule has 0 aliphatic carbocycles. The van der Waals surface area contributed by atoms with Crippen LogP contribution < -0.4 is 5.32 Å². The van der Waals surface area contributed by atoms with Crippen molar-refractivity contribution in [3.8, 4) is 0 Å². The van der Waals surface area contributed by atoms with Crippen LogP contribution in [-0.4, -0.2) is 50.9 Å². The molecule has 0 aromatic heterocycles. The molecule has 144 valence electrons. The van der Waals surface area contributed by atoms with E-state index in [1.165, 1.54) is 23.9 Å². The monoisotopic (exact) mass is 393 g/mol. The minimum Gasteiger partial charge on any atom is -0.454 e. The number of fused-ring (bicyclic) bond motifs is 1. The van der Waals surface area contributed by atoms with Crippen LogP contribution in [0.25, 0.3) is 0 Å². The molecule has 10 heteroatoms. The summed E-state index contributed by atoms with van der Waals surface area (Å²) >= 11 is 1.53. The van der Waals surface area contributed by atoms with Gasteiger partial charge in [0.05, 0.1) is 9.79 Å². The fourth-order valence-corrected chi connectivity index (χ4v) is 4.79. The van der Waals surface area contributed by atoms with Gasteiger partial charge in [-0.2, -0.15) is 0 Å². The zero-order valence-electron chi connectivity index (χ0n) is 14.9. The van der Waals surface area contributed by atoms with Crippen LogP contribution in [0, 0.1) is 17.0 Å². The van der Waals surface area contributed by atoms with Crippen LogP contribution in [0.2, 0.25) is 0 Å². The SMILES string of the molecule is Cc1cccc([N+](=O)[O-])c1NC(=O)COC(=O)[C@@H]1CS[C@]2(C)CCC(=O)N12. The van der Waals surface area contributed by atoms with E-state index in [1.54, 1.807) is 17.9 Å². The summed E-state index contributed by atoms with van der Waals surface area (Å²) in [4.78, 5) is 48.2. The lowest BCUT2D eigenvalue weighted by atomic mass is 10.1. The van der Waals surface area contributed by atoms with E-state index < -0.39 is 34.3 Å². The number of hydrogen-bond donors (Lipinski definition) is 1.